The van der Waals surface area contributed by atoms with Crippen molar-refractivity contribution in [3.05, 3.63) is 40.8 Å². The molecule has 0 bridgehead atoms. The van der Waals surface area contributed by atoms with Crippen LogP contribution in [0.3, 0.4) is 0 Å². The molecule has 0 saturated heterocycles. The second-order valence-corrected chi connectivity index (χ2v) is 3.91. The van der Waals surface area contributed by atoms with Crippen LogP contribution in [-0.4, -0.2) is 8.42 Å². The first-order valence-electron chi connectivity index (χ1n) is 3.67. The molecular formula is C9H9FO2S. The Morgan fingerprint density at radius 2 is 1.77 bits per heavy atom. The van der Waals surface area contributed by atoms with E-state index in [-0.39, 0.29) is 0 Å². The monoisotopic (exact) mass is 200 g/mol. The Morgan fingerprint density at radius 1 is 1.23 bits per heavy atom. The van der Waals surface area contributed by atoms with Gasteiger partial charge in [0.2, 0.25) is 0 Å². The number of hydrogen-bond acceptors (Lipinski definition) is 2. The highest BCUT2D eigenvalue weighted by Gasteiger charge is 1.97. The highest BCUT2D eigenvalue weighted by molar-refractivity contribution is 7.89. The first-order chi connectivity index (χ1) is 5.97. The van der Waals surface area contributed by atoms with E-state index in [1.165, 1.54) is 6.08 Å². The molecule has 1 aromatic rings. The molecule has 0 spiro atoms. The molecule has 1 aromatic carbocycles. The molecule has 0 radical (unpaired) electrons. The van der Waals surface area contributed by atoms with Gasteiger partial charge in [0.25, 0.3) is 0 Å². The lowest BCUT2D eigenvalue weighted by atomic mass is 10.2. The quantitative estimate of drug-likeness (QED) is 0.686. The van der Waals surface area contributed by atoms with E-state index in [2.05, 4.69) is 0 Å². The van der Waals surface area contributed by atoms with Crippen molar-refractivity contribution in [3.8, 4) is 0 Å². The second-order valence-electron chi connectivity index (χ2n) is 2.69. The molecule has 0 aliphatic carbocycles. The molecule has 1 rings (SSSR count). The highest BCUT2D eigenvalue weighted by atomic mass is 32.3. The Labute approximate surface area is 76.9 Å². The summed E-state index contributed by atoms with van der Waals surface area (Å²) >= 11 is 0. The van der Waals surface area contributed by atoms with Crippen LogP contribution in [0.2, 0.25) is 0 Å². The van der Waals surface area contributed by atoms with Crippen LogP contribution in [0, 0.1) is 6.92 Å². The number of rotatable bonds is 2. The van der Waals surface area contributed by atoms with Gasteiger partial charge in [-0.15, -0.1) is 3.89 Å². The normalized spacial score (nSPS) is 12.2. The molecule has 0 saturated carbocycles. The fourth-order valence-corrected chi connectivity index (χ4v) is 1.16. The van der Waals surface area contributed by atoms with Gasteiger partial charge in [-0.25, -0.2) is 0 Å². The molecule has 0 aromatic heterocycles. The third kappa shape index (κ3) is 3.85. The minimum Gasteiger partial charge on any atom is -0.190 e. The van der Waals surface area contributed by atoms with Gasteiger partial charge in [0, 0.05) is 0 Å². The standard InChI is InChI=1S/C9H9FO2S/c1-8-2-4-9(5-3-8)6-7-13(10,11)12/h2-7H,1H3. The van der Waals surface area contributed by atoms with Crippen LogP contribution in [0.15, 0.2) is 29.7 Å². The predicted molar refractivity (Wildman–Crippen MR) is 50.2 cm³/mol. The summed E-state index contributed by atoms with van der Waals surface area (Å²) in [6, 6.07) is 7.09. The van der Waals surface area contributed by atoms with Gasteiger partial charge < -0.3 is 0 Å². The van der Waals surface area contributed by atoms with Crippen LogP contribution in [0.4, 0.5) is 3.89 Å². The van der Waals surface area contributed by atoms with Crippen molar-refractivity contribution < 1.29 is 12.3 Å². The van der Waals surface area contributed by atoms with Gasteiger partial charge in [-0.3, -0.25) is 0 Å². The molecule has 0 fully saturated rings. The third-order valence-corrected chi connectivity index (χ3v) is 1.96. The number of benzene rings is 1. The molecule has 0 N–H and O–H groups in total. The number of hydrogen-bond donors (Lipinski definition) is 0. The van der Waals surface area contributed by atoms with Gasteiger partial charge in [0.1, 0.15) is 0 Å². The van der Waals surface area contributed by atoms with E-state index in [9.17, 15) is 12.3 Å². The van der Waals surface area contributed by atoms with Gasteiger partial charge in [-0.2, -0.15) is 8.42 Å². The summed E-state index contributed by atoms with van der Waals surface area (Å²) in [5, 5.41) is 0.539. The van der Waals surface area contributed by atoms with Crippen LogP contribution in [-0.2, 0) is 10.2 Å². The first kappa shape index (κ1) is 9.92. The fourth-order valence-electron chi connectivity index (χ4n) is 0.837. The summed E-state index contributed by atoms with van der Waals surface area (Å²) < 4.78 is 32.3. The zero-order valence-electron chi connectivity index (χ0n) is 7.07. The lowest BCUT2D eigenvalue weighted by molar-refractivity contribution is 0.563. The number of halogens is 1. The van der Waals surface area contributed by atoms with Crippen molar-refractivity contribution in [1.29, 1.82) is 0 Å². The molecule has 0 aliphatic rings. The highest BCUT2D eigenvalue weighted by Crippen LogP contribution is 2.06. The molecular weight excluding hydrogens is 191 g/mol. The van der Waals surface area contributed by atoms with E-state index in [1.54, 1.807) is 12.1 Å². The van der Waals surface area contributed by atoms with Gasteiger partial charge in [0.15, 0.2) is 0 Å². The smallest absolute Gasteiger partial charge is 0.190 e. The van der Waals surface area contributed by atoms with Gasteiger partial charge >= 0.3 is 10.2 Å². The molecule has 0 amide bonds. The topological polar surface area (TPSA) is 34.1 Å². The molecule has 2 nitrogen and oxygen atoms in total. The Morgan fingerprint density at radius 3 is 2.23 bits per heavy atom. The zero-order valence-corrected chi connectivity index (χ0v) is 7.88. The predicted octanol–water partition coefficient (Wildman–Crippen LogP) is 2.27. The summed E-state index contributed by atoms with van der Waals surface area (Å²) in [5.74, 6) is 0. The van der Waals surface area contributed by atoms with Crippen LogP contribution in [0.25, 0.3) is 6.08 Å². The molecule has 70 valence electrons. The third-order valence-electron chi connectivity index (χ3n) is 1.50. The van der Waals surface area contributed by atoms with Gasteiger partial charge in [0.05, 0.1) is 5.41 Å². The van der Waals surface area contributed by atoms with Crippen molar-refractivity contribution >= 4 is 16.3 Å². The minimum atomic E-state index is -4.51. The van der Waals surface area contributed by atoms with Crippen molar-refractivity contribution in [2.45, 2.75) is 6.92 Å². The summed E-state index contributed by atoms with van der Waals surface area (Å²) in [5.41, 5.74) is 1.73. The molecule has 4 heteroatoms. The van der Waals surface area contributed by atoms with E-state index < -0.39 is 10.2 Å². The fraction of sp³-hybridized carbons (Fsp3) is 0.111. The Hall–Kier alpha value is -1.16. The molecule has 13 heavy (non-hydrogen) atoms. The Kier molecular flexibility index (Phi) is 2.83. The van der Waals surface area contributed by atoms with Crippen LogP contribution in [0.1, 0.15) is 11.1 Å². The minimum absolute atomic E-state index is 0.539. The van der Waals surface area contributed by atoms with E-state index in [0.717, 1.165) is 5.56 Å². The molecule has 0 aliphatic heterocycles. The van der Waals surface area contributed by atoms with Crippen molar-refractivity contribution in [3.63, 3.8) is 0 Å². The summed E-state index contributed by atoms with van der Waals surface area (Å²) in [4.78, 5) is 0. The zero-order chi connectivity index (χ0) is 9.90. The van der Waals surface area contributed by atoms with E-state index >= 15 is 0 Å². The average Bonchev–Trinajstić information content (AvgIpc) is 2.02. The van der Waals surface area contributed by atoms with E-state index in [1.807, 2.05) is 19.1 Å². The van der Waals surface area contributed by atoms with Crippen molar-refractivity contribution in [2.24, 2.45) is 0 Å². The maximum absolute atomic E-state index is 12.0. The number of aryl methyl sites for hydroxylation is 1. The largest absolute Gasteiger partial charge is 0.325 e. The van der Waals surface area contributed by atoms with E-state index in [0.29, 0.717) is 11.0 Å². The average molecular weight is 200 g/mol. The van der Waals surface area contributed by atoms with Crippen LogP contribution in [0.5, 0.6) is 0 Å². The molecule has 0 unspecified atom stereocenters. The Balaban J connectivity index is 2.88. The maximum Gasteiger partial charge on any atom is 0.325 e. The van der Waals surface area contributed by atoms with E-state index in [4.69, 9.17) is 0 Å². The van der Waals surface area contributed by atoms with Crippen LogP contribution >= 0.6 is 0 Å². The van der Waals surface area contributed by atoms with Crippen molar-refractivity contribution in [1.82, 2.24) is 0 Å². The van der Waals surface area contributed by atoms with Crippen molar-refractivity contribution in [2.75, 3.05) is 0 Å². The summed E-state index contributed by atoms with van der Waals surface area (Å²) in [6.45, 7) is 1.92. The molecule has 0 heterocycles. The van der Waals surface area contributed by atoms with Gasteiger partial charge in [-0.05, 0) is 18.6 Å². The summed E-state index contributed by atoms with van der Waals surface area (Å²) in [7, 11) is -4.51. The van der Waals surface area contributed by atoms with Crippen LogP contribution < -0.4 is 0 Å². The lowest BCUT2D eigenvalue weighted by Crippen LogP contribution is -1.81. The maximum atomic E-state index is 12.0. The first-order valence-corrected chi connectivity index (χ1v) is 5.11. The lowest BCUT2D eigenvalue weighted by Gasteiger charge is -1.92. The molecule has 0 atom stereocenters. The Bertz CT molecular complexity index is 404. The van der Waals surface area contributed by atoms with Gasteiger partial charge in [-0.1, -0.05) is 29.8 Å². The SMILES string of the molecule is Cc1ccc(C=CS(=O)(=O)F)cc1. The summed E-state index contributed by atoms with van der Waals surface area (Å²) in [6.07, 6.45) is 1.22. The second kappa shape index (κ2) is 3.70.